The lowest BCUT2D eigenvalue weighted by Crippen LogP contribution is -2.34. The van der Waals surface area contributed by atoms with Gasteiger partial charge in [-0.1, -0.05) is 12.8 Å². The fourth-order valence-electron chi connectivity index (χ4n) is 1.76. The van der Waals surface area contributed by atoms with Gasteiger partial charge in [0.05, 0.1) is 5.41 Å². The van der Waals surface area contributed by atoms with Crippen LogP contribution < -0.4 is 11.1 Å². The second-order valence-electron chi connectivity index (χ2n) is 4.82. The first kappa shape index (κ1) is 14.0. The largest absolute Gasteiger partial charge is 0.481 e. The number of rotatable bonds is 9. The van der Waals surface area contributed by atoms with E-state index in [0.29, 0.717) is 25.8 Å². The number of nitrogens with two attached hydrogens (primary N) is 1. The molecule has 1 saturated carbocycles. The zero-order valence-electron chi connectivity index (χ0n) is 10.2. The Bertz CT molecular complexity index is 275. The van der Waals surface area contributed by atoms with E-state index in [4.69, 9.17) is 10.8 Å². The molecule has 5 heteroatoms. The summed E-state index contributed by atoms with van der Waals surface area (Å²) in [6, 6.07) is 0. The maximum atomic E-state index is 11.4. The fourth-order valence-corrected chi connectivity index (χ4v) is 1.76. The number of nitrogens with one attached hydrogen (secondary N) is 1. The lowest BCUT2D eigenvalue weighted by atomic mass is 10.1. The van der Waals surface area contributed by atoms with Crippen LogP contribution in [0.1, 0.15) is 44.9 Å². The third-order valence-electron chi connectivity index (χ3n) is 3.29. The summed E-state index contributed by atoms with van der Waals surface area (Å²) in [6.45, 7) is 0.983. The van der Waals surface area contributed by atoms with E-state index in [9.17, 15) is 9.59 Å². The molecule has 0 aromatic carbocycles. The predicted molar refractivity (Wildman–Crippen MR) is 64.5 cm³/mol. The Morgan fingerprint density at radius 2 is 1.82 bits per heavy atom. The maximum absolute atomic E-state index is 11.4. The Morgan fingerprint density at radius 3 is 2.35 bits per heavy atom. The molecule has 5 nitrogen and oxygen atoms in total. The Kier molecular flexibility index (Phi) is 5.41. The summed E-state index contributed by atoms with van der Waals surface area (Å²) in [5.74, 6) is -0.828. The molecular weight excluding hydrogens is 220 g/mol. The smallest absolute Gasteiger partial charge is 0.311 e. The molecule has 0 saturated heterocycles. The predicted octanol–water partition coefficient (Wildman–Crippen LogP) is 0.877. The Morgan fingerprint density at radius 1 is 1.18 bits per heavy atom. The number of carboxylic acids is 1. The van der Waals surface area contributed by atoms with Crippen molar-refractivity contribution in [2.24, 2.45) is 11.1 Å². The summed E-state index contributed by atoms with van der Waals surface area (Å²) in [4.78, 5) is 22.3. The van der Waals surface area contributed by atoms with Crippen LogP contribution in [0.25, 0.3) is 0 Å². The molecule has 1 amide bonds. The third kappa shape index (κ3) is 4.73. The van der Waals surface area contributed by atoms with Gasteiger partial charge < -0.3 is 16.2 Å². The Labute approximate surface area is 102 Å². The van der Waals surface area contributed by atoms with E-state index >= 15 is 0 Å². The van der Waals surface area contributed by atoms with Gasteiger partial charge in [0, 0.05) is 13.0 Å². The molecule has 1 fully saturated rings. The molecule has 1 aliphatic carbocycles. The Balaban J connectivity index is 2.04. The minimum atomic E-state index is -0.791. The van der Waals surface area contributed by atoms with Gasteiger partial charge >= 0.3 is 5.97 Å². The van der Waals surface area contributed by atoms with Crippen molar-refractivity contribution in [1.82, 2.24) is 5.32 Å². The lowest BCUT2D eigenvalue weighted by molar-refractivity contribution is -0.143. The van der Waals surface area contributed by atoms with E-state index < -0.39 is 11.4 Å². The van der Waals surface area contributed by atoms with Crippen molar-refractivity contribution in [1.29, 1.82) is 0 Å². The molecule has 0 radical (unpaired) electrons. The topological polar surface area (TPSA) is 92.4 Å². The quantitative estimate of drug-likeness (QED) is 0.523. The van der Waals surface area contributed by atoms with Crippen LogP contribution in [0.5, 0.6) is 0 Å². The number of aliphatic carboxylic acids is 1. The summed E-state index contributed by atoms with van der Waals surface area (Å²) < 4.78 is 0. The van der Waals surface area contributed by atoms with Gasteiger partial charge in [-0.05, 0) is 32.2 Å². The monoisotopic (exact) mass is 242 g/mol. The van der Waals surface area contributed by atoms with E-state index in [1.807, 2.05) is 0 Å². The average molecular weight is 242 g/mol. The molecule has 0 unspecified atom stereocenters. The molecular formula is C12H22N2O3. The molecule has 0 spiro atoms. The van der Waals surface area contributed by atoms with Crippen molar-refractivity contribution in [3.05, 3.63) is 0 Å². The first-order valence-electron chi connectivity index (χ1n) is 6.31. The number of carboxylic acid groups (broad SMARTS) is 1. The van der Waals surface area contributed by atoms with Gasteiger partial charge in [0.25, 0.3) is 0 Å². The summed E-state index contributed by atoms with van der Waals surface area (Å²) in [7, 11) is 0. The van der Waals surface area contributed by atoms with E-state index in [0.717, 1.165) is 25.7 Å². The van der Waals surface area contributed by atoms with Gasteiger partial charge in [-0.2, -0.15) is 0 Å². The zero-order valence-corrected chi connectivity index (χ0v) is 10.2. The number of amides is 1. The maximum Gasteiger partial charge on any atom is 0.311 e. The SMILES string of the molecule is NCCCCCCC(=O)NCC1(C(=O)O)CC1. The number of hydrogen-bond donors (Lipinski definition) is 3. The van der Waals surface area contributed by atoms with Gasteiger partial charge in [0.2, 0.25) is 5.91 Å². The third-order valence-corrected chi connectivity index (χ3v) is 3.29. The summed E-state index contributed by atoms with van der Waals surface area (Å²) in [5, 5.41) is 11.6. The van der Waals surface area contributed by atoms with Crippen molar-refractivity contribution < 1.29 is 14.7 Å². The fraction of sp³-hybridized carbons (Fsp3) is 0.833. The number of hydrogen-bond acceptors (Lipinski definition) is 3. The molecule has 0 bridgehead atoms. The van der Waals surface area contributed by atoms with E-state index in [1.165, 1.54) is 0 Å². The van der Waals surface area contributed by atoms with Crippen LogP contribution in [-0.2, 0) is 9.59 Å². The molecule has 4 N–H and O–H groups in total. The highest BCUT2D eigenvalue weighted by atomic mass is 16.4. The summed E-state index contributed by atoms with van der Waals surface area (Å²) in [6.07, 6.45) is 5.77. The van der Waals surface area contributed by atoms with Crippen LogP contribution >= 0.6 is 0 Å². The van der Waals surface area contributed by atoms with Crippen molar-refractivity contribution in [3.8, 4) is 0 Å². The molecule has 1 aliphatic rings. The van der Waals surface area contributed by atoms with Crippen molar-refractivity contribution >= 4 is 11.9 Å². The van der Waals surface area contributed by atoms with Gasteiger partial charge in [0.1, 0.15) is 0 Å². The standard InChI is InChI=1S/C12H22N2O3/c13-8-4-2-1-3-5-10(15)14-9-12(6-7-12)11(16)17/h1-9,13H2,(H,14,15)(H,16,17). The first-order valence-corrected chi connectivity index (χ1v) is 6.31. The van der Waals surface area contributed by atoms with Gasteiger partial charge in [-0.3, -0.25) is 9.59 Å². The van der Waals surface area contributed by atoms with Crippen LogP contribution in [0.3, 0.4) is 0 Å². The van der Waals surface area contributed by atoms with Crippen LogP contribution in [0.2, 0.25) is 0 Å². The first-order chi connectivity index (χ1) is 8.10. The number of carbonyl (C=O) groups is 2. The van der Waals surface area contributed by atoms with E-state index in [-0.39, 0.29) is 12.5 Å². The van der Waals surface area contributed by atoms with Crippen LogP contribution in [0.15, 0.2) is 0 Å². The Hall–Kier alpha value is -1.10. The van der Waals surface area contributed by atoms with Crippen molar-refractivity contribution in [2.45, 2.75) is 44.9 Å². The molecule has 17 heavy (non-hydrogen) atoms. The molecule has 98 valence electrons. The van der Waals surface area contributed by atoms with Gasteiger partial charge in [0.15, 0.2) is 0 Å². The molecule has 0 aliphatic heterocycles. The van der Waals surface area contributed by atoms with Gasteiger partial charge in [-0.25, -0.2) is 0 Å². The molecule has 1 rings (SSSR count). The highest BCUT2D eigenvalue weighted by molar-refractivity contribution is 5.80. The number of unbranched alkanes of at least 4 members (excludes halogenated alkanes) is 3. The normalized spacial score (nSPS) is 16.5. The minimum absolute atomic E-state index is 0.0368. The zero-order chi connectivity index (χ0) is 12.7. The lowest BCUT2D eigenvalue weighted by Gasteiger charge is -2.10. The summed E-state index contributed by atoms with van der Waals surface area (Å²) in [5.41, 5.74) is 4.71. The molecule has 0 heterocycles. The van der Waals surface area contributed by atoms with E-state index in [2.05, 4.69) is 5.32 Å². The summed E-state index contributed by atoms with van der Waals surface area (Å²) >= 11 is 0. The van der Waals surface area contributed by atoms with Crippen LogP contribution in [0.4, 0.5) is 0 Å². The number of carbonyl (C=O) groups excluding carboxylic acids is 1. The van der Waals surface area contributed by atoms with Crippen LogP contribution in [-0.4, -0.2) is 30.1 Å². The minimum Gasteiger partial charge on any atom is -0.481 e. The highest BCUT2D eigenvalue weighted by Crippen LogP contribution is 2.45. The average Bonchev–Trinajstić information content (AvgIpc) is 3.07. The molecule has 0 aromatic heterocycles. The molecule has 0 atom stereocenters. The van der Waals surface area contributed by atoms with Crippen molar-refractivity contribution in [2.75, 3.05) is 13.1 Å². The highest BCUT2D eigenvalue weighted by Gasteiger charge is 2.50. The van der Waals surface area contributed by atoms with Gasteiger partial charge in [-0.15, -0.1) is 0 Å². The van der Waals surface area contributed by atoms with Crippen LogP contribution in [0, 0.1) is 5.41 Å². The second kappa shape index (κ2) is 6.59. The van der Waals surface area contributed by atoms with Crippen molar-refractivity contribution in [3.63, 3.8) is 0 Å². The van der Waals surface area contributed by atoms with E-state index in [1.54, 1.807) is 0 Å². The molecule has 0 aromatic rings. The second-order valence-corrected chi connectivity index (χ2v) is 4.82.